The van der Waals surface area contributed by atoms with Crippen LogP contribution < -0.4 is 11.1 Å². The number of likely N-dealkylation sites (tertiary alicyclic amines) is 1. The SMILES string of the molecule is Cc1[nH]c2ccc(Cl)cc2c1CCNC(=O)[C@@H]1CCCN(C(N)=O)C1. The molecule has 7 heteroatoms. The summed E-state index contributed by atoms with van der Waals surface area (Å²) in [4.78, 5) is 28.5. The minimum absolute atomic E-state index is 0.0125. The van der Waals surface area contributed by atoms with E-state index in [2.05, 4.69) is 10.3 Å². The Hall–Kier alpha value is -2.21. The summed E-state index contributed by atoms with van der Waals surface area (Å²) >= 11 is 6.10. The number of nitrogens with one attached hydrogen (secondary N) is 2. The van der Waals surface area contributed by atoms with Gasteiger partial charge < -0.3 is 20.9 Å². The summed E-state index contributed by atoms with van der Waals surface area (Å²) in [5.41, 5.74) is 8.62. The molecule has 1 aliphatic rings. The third kappa shape index (κ3) is 3.90. The molecule has 0 radical (unpaired) electrons. The van der Waals surface area contributed by atoms with Gasteiger partial charge in [0, 0.05) is 41.3 Å². The zero-order chi connectivity index (χ0) is 18.0. The molecule has 0 spiro atoms. The number of aromatic nitrogens is 1. The number of fused-ring (bicyclic) bond motifs is 1. The van der Waals surface area contributed by atoms with Crippen LogP contribution in [0.2, 0.25) is 5.02 Å². The number of carbonyl (C=O) groups excluding carboxylic acids is 2. The number of H-pyrrole nitrogens is 1. The van der Waals surface area contributed by atoms with Crippen molar-refractivity contribution >= 4 is 34.4 Å². The summed E-state index contributed by atoms with van der Waals surface area (Å²) in [5, 5.41) is 4.79. The number of hydrogen-bond acceptors (Lipinski definition) is 2. The first-order valence-electron chi connectivity index (χ1n) is 8.54. The van der Waals surface area contributed by atoms with Gasteiger partial charge in [-0.05, 0) is 49.9 Å². The Balaban J connectivity index is 1.59. The van der Waals surface area contributed by atoms with Gasteiger partial charge in [0.05, 0.1) is 5.92 Å². The maximum absolute atomic E-state index is 12.4. The van der Waals surface area contributed by atoms with Gasteiger partial charge in [-0.2, -0.15) is 0 Å². The number of primary amides is 1. The molecule has 2 aromatic rings. The Kier molecular flexibility index (Phi) is 5.18. The largest absolute Gasteiger partial charge is 0.358 e. The Labute approximate surface area is 151 Å². The second-order valence-electron chi connectivity index (χ2n) is 6.58. The summed E-state index contributed by atoms with van der Waals surface area (Å²) in [7, 11) is 0. The average Bonchev–Trinajstić information content (AvgIpc) is 2.90. The van der Waals surface area contributed by atoms with Gasteiger partial charge in [0.1, 0.15) is 0 Å². The zero-order valence-electron chi connectivity index (χ0n) is 14.3. The molecular weight excluding hydrogens is 340 g/mol. The van der Waals surface area contributed by atoms with E-state index in [-0.39, 0.29) is 11.8 Å². The van der Waals surface area contributed by atoms with Crippen molar-refractivity contribution in [3.05, 3.63) is 34.5 Å². The number of hydrogen-bond donors (Lipinski definition) is 3. The number of carbonyl (C=O) groups is 2. The van der Waals surface area contributed by atoms with Crippen LogP contribution in [-0.4, -0.2) is 41.5 Å². The number of aryl methyl sites for hydroxylation is 1. The molecule has 3 amide bonds. The smallest absolute Gasteiger partial charge is 0.314 e. The molecule has 1 aromatic carbocycles. The number of amides is 3. The third-order valence-corrected chi connectivity index (χ3v) is 5.09. The van der Waals surface area contributed by atoms with Gasteiger partial charge in [-0.15, -0.1) is 0 Å². The molecule has 0 aliphatic carbocycles. The van der Waals surface area contributed by atoms with Crippen molar-refractivity contribution in [3.63, 3.8) is 0 Å². The summed E-state index contributed by atoms with van der Waals surface area (Å²) in [5.74, 6) is -0.193. The normalized spacial score (nSPS) is 17.7. The second-order valence-corrected chi connectivity index (χ2v) is 7.02. The molecule has 134 valence electrons. The average molecular weight is 363 g/mol. The third-order valence-electron chi connectivity index (χ3n) is 4.86. The minimum atomic E-state index is -0.455. The Morgan fingerprint density at radius 1 is 1.44 bits per heavy atom. The summed E-state index contributed by atoms with van der Waals surface area (Å²) < 4.78 is 0. The van der Waals surface area contributed by atoms with Crippen molar-refractivity contribution in [1.29, 1.82) is 0 Å². The van der Waals surface area contributed by atoms with Crippen LogP contribution in [0.25, 0.3) is 10.9 Å². The van der Waals surface area contributed by atoms with Gasteiger partial charge >= 0.3 is 6.03 Å². The lowest BCUT2D eigenvalue weighted by molar-refractivity contribution is -0.126. The molecule has 6 nitrogen and oxygen atoms in total. The van der Waals surface area contributed by atoms with Crippen LogP contribution >= 0.6 is 11.6 Å². The number of piperidine rings is 1. The summed E-state index contributed by atoms with van der Waals surface area (Å²) in [6.07, 6.45) is 2.32. The standard InChI is InChI=1S/C18H23ClN4O2/c1-11-14(15-9-13(19)4-5-16(15)22-11)6-7-21-17(24)12-3-2-8-23(10-12)18(20)25/h4-5,9,12,22H,2-3,6-8,10H2,1H3,(H2,20,25)(H,21,24)/t12-/m1/s1. The number of nitrogens with two attached hydrogens (primary N) is 1. The van der Waals surface area contributed by atoms with Crippen molar-refractivity contribution in [2.45, 2.75) is 26.2 Å². The Bertz CT molecular complexity index is 802. The predicted molar refractivity (Wildman–Crippen MR) is 98.6 cm³/mol. The van der Waals surface area contributed by atoms with Crippen LogP contribution in [0.3, 0.4) is 0 Å². The van der Waals surface area contributed by atoms with E-state index >= 15 is 0 Å². The number of halogens is 1. The fraction of sp³-hybridized carbons (Fsp3) is 0.444. The molecule has 1 saturated heterocycles. The van der Waals surface area contributed by atoms with Crippen LogP contribution in [0.4, 0.5) is 4.79 Å². The molecule has 2 heterocycles. The number of rotatable bonds is 4. The molecule has 1 aromatic heterocycles. The van der Waals surface area contributed by atoms with E-state index < -0.39 is 6.03 Å². The van der Waals surface area contributed by atoms with Gasteiger partial charge in [0.2, 0.25) is 5.91 Å². The number of benzene rings is 1. The zero-order valence-corrected chi connectivity index (χ0v) is 15.0. The molecule has 3 rings (SSSR count). The van der Waals surface area contributed by atoms with Crippen LogP contribution in [0.5, 0.6) is 0 Å². The maximum Gasteiger partial charge on any atom is 0.314 e. The van der Waals surface area contributed by atoms with Gasteiger partial charge in [-0.3, -0.25) is 4.79 Å². The van der Waals surface area contributed by atoms with Crippen molar-refractivity contribution in [2.24, 2.45) is 11.7 Å². The predicted octanol–water partition coefficient (Wildman–Crippen LogP) is 2.58. The van der Waals surface area contributed by atoms with Crippen molar-refractivity contribution in [1.82, 2.24) is 15.2 Å². The Morgan fingerprint density at radius 3 is 3.00 bits per heavy atom. The lowest BCUT2D eigenvalue weighted by Crippen LogP contribution is -2.47. The number of nitrogens with zero attached hydrogens (tertiary/aromatic N) is 1. The van der Waals surface area contributed by atoms with Gasteiger partial charge in [-0.1, -0.05) is 11.6 Å². The molecule has 0 unspecified atom stereocenters. The molecule has 1 fully saturated rings. The van der Waals surface area contributed by atoms with Crippen LogP contribution in [0.1, 0.15) is 24.1 Å². The quantitative estimate of drug-likeness (QED) is 0.780. The van der Waals surface area contributed by atoms with Gasteiger partial charge in [0.25, 0.3) is 0 Å². The van der Waals surface area contributed by atoms with Gasteiger partial charge in [0.15, 0.2) is 0 Å². The molecule has 4 N–H and O–H groups in total. The Morgan fingerprint density at radius 2 is 2.24 bits per heavy atom. The molecule has 25 heavy (non-hydrogen) atoms. The highest BCUT2D eigenvalue weighted by Gasteiger charge is 2.27. The maximum atomic E-state index is 12.4. The van der Waals surface area contributed by atoms with Crippen LogP contribution in [-0.2, 0) is 11.2 Å². The van der Waals surface area contributed by atoms with Crippen molar-refractivity contribution in [3.8, 4) is 0 Å². The van der Waals surface area contributed by atoms with E-state index in [1.807, 2.05) is 25.1 Å². The molecule has 1 atom stereocenters. The minimum Gasteiger partial charge on any atom is -0.358 e. The number of aromatic amines is 1. The first-order valence-corrected chi connectivity index (χ1v) is 8.92. The lowest BCUT2D eigenvalue weighted by atomic mass is 9.97. The molecule has 0 bridgehead atoms. The van der Waals surface area contributed by atoms with E-state index in [4.69, 9.17) is 17.3 Å². The summed E-state index contributed by atoms with van der Waals surface area (Å²) in [6.45, 7) is 3.61. The summed E-state index contributed by atoms with van der Waals surface area (Å²) in [6, 6.07) is 5.32. The van der Waals surface area contributed by atoms with Crippen LogP contribution in [0, 0.1) is 12.8 Å². The number of urea groups is 1. The highest BCUT2D eigenvalue weighted by Crippen LogP contribution is 2.25. The topological polar surface area (TPSA) is 91.2 Å². The van der Waals surface area contributed by atoms with E-state index in [0.29, 0.717) is 24.7 Å². The fourth-order valence-electron chi connectivity index (χ4n) is 3.52. The second kappa shape index (κ2) is 7.35. The monoisotopic (exact) mass is 362 g/mol. The van der Waals surface area contributed by atoms with Gasteiger partial charge in [-0.25, -0.2) is 4.79 Å². The fourth-order valence-corrected chi connectivity index (χ4v) is 3.70. The lowest BCUT2D eigenvalue weighted by Gasteiger charge is -2.30. The molecular formula is C18H23ClN4O2. The highest BCUT2D eigenvalue weighted by molar-refractivity contribution is 6.31. The first kappa shape index (κ1) is 17.6. The first-order chi connectivity index (χ1) is 12.0. The highest BCUT2D eigenvalue weighted by atomic mass is 35.5. The molecule has 1 aliphatic heterocycles. The van der Waals surface area contributed by atoms with Crippen molar-refractivity contribution < 1.29 is 9.59 Å². The molecule has 0 saturated carbocycles. The van der Waals surface area contributed by atoms with Crippen molar-refractivity contribution in [2.75, 3.05) is 19.6 Å². The van der Waals surface area contributed by atoms with E-state index in [1.54, 1.807) is 4.90 Å². The van der Waals surface area contributed by atoms with Crippen LogP contribution in [0.15, 0.2) is 18.2 Å². The van der Waals surface area contributed by atoms with E-state index in [1.165, 1.54) is 5.56 Å². The van der Waals surface area contributed by atoms with E-state index in [9.17, 15) is 9.59 Å². The van der Waals surface area contributed by atoms with E-state index in [0.717, 1.165) is 35.9 Å².